The number of hydrogen-bond donors (Lipinski definition) is 1. The summed E-state index contributed by atoms with van der Waals surface area (Å²) in [4.78, 5) is 29.0. The minimum atomic E-state index is -0.240. The quantitative estimate of drug-likeness (QED) is 0.428. The summed E-state index contributed by atoms with van der Waals surface area (Å²) in [5.41, 5.74) is 3.05. The van der Waals surface area contributed by atoms with E-state index < -0.39 is 0 Å². The number of imidazole rings is 1. The van der Waals surface area contributed by atoms with Crippen molar-refractivity contribution in [3.05, 3.63) is 59.9 Å². The van der Waals surface area contributed by atoms with Gasteiger partial charge in [0.1, 0.15) is 0 Å². The maximum Gasteiger partial charge on any atom is 0.234 e. The van der Waals surface area contributed by atoms with E-state index in [9.17, 15) is 9.59 Å². The number of amides is 1. The molecule has 160 valence electrons. The lowest BCUT2D eigenvalue weighted by Crippen LogP contribution is -2.16. The van der Waals surface area contributed by atoms with Gasteiger partial charge in [-0.3, -0.25) is 14.2 Å². The van der Waals surface area contributed by atoms with E-state index in [1.54, 1.807) is 18.3 Å². The largest absolute Gasteiger partial charge is 0.454 e. The number of thioether (sulfide) groups is 1. The number of fused-ring (bicyclic) bond motifs is 1. The summed E-state index contributed by atoms with van der Waals surface area (Å²) < 4.78 is 12.6. The molecular formula is C23H23N3O4S. The number of carbonyl (C=O) groups is 2. The molecule has 0 atom stereocenters. The fourth-order valence-electron chi connectivity index (χ4n) is 3.27. The van der Waals surface area contributed by atoms with Crippen molar-refractivity contribution in [1.29, 1.82) is 0 Å². The van der Waals surface area contributed by atoms with Crippen molar-refractivity contribution in [2.24, 2.45) is 0 Å². The molecule has 0 bridgehead atoms. The summed E-state index contributed by atoms with van der Waals surface area (Å²) in [7, 11) is 0. The van der Waals surface area contributed by atoms with Gasteiger partial charge in [-0.15, -0.1) is 0 Å². The van der Waals surface area contributed by atoms with Crippen LogP contribution in [0.4, 0.5) is 5.69 Å². The van der Waals surface area contributed by atoms with Gasteiger partial charge in [0, 0.05) is 29.7 Å². The first kappa shape index (κ1) is 21.0. The summed E-state index contributed by atoms with van der Waals surface area (Å²) in [5, 5.41) is 3.52. The van der Waals surface area contributed by atoms with Crippen LogP contribution in [0.5, 0.6) is 11.5 Å². The second-order valence-corrected chi connectivity index (χ2v) is 8.41. The predicted molar refractivity (Wildman–Crippen MR) is 120 cm³/mol. The maximum atomic E-state index is 12.6. The van der Waals surface area contributed by atoms with Crippen LogP contribution in [0.15, 0.2) is 53.9 Å². The number of anilines is 1. The Morgan fingerprint density at radius 2 is 1.87 bits per heavy atom. The topological polar surface area (TPSA) is 82.5 Å². The highest BCUT2D eigenvalue weighted by Crippen LogP contribution is 2.37. The van der Waals surface area contributed by atoms with Gasteiger partial charge >= 0.3 is 0 Å². The number of carbonyl (C=O) groups excluding carboxylic acids is 2. The van der Waals surface area contributed by atoms with E-state index in [0.29, 0.717) is 33.8 Å². The van der Waals surface area contributed by atoms with Crippen molar-refractivity contribution >= 4 is 29.1 Å². The van der Waals surface area contributed by atoms with Gasteiger partial charge in [0.05, 0.1) is 11.4 Å². The molecule has 8 heteroatoms. The van der Waals surface area contributed by atoms with Crippen LogP contribution in [-0.4, -0.2) is 33.8 Å². The minimum Gasteiger partial charge on any atom is -0.454 e. The molecule has 3 aromatic rings. The maximum absolute atomic E-state index is 12.6. The Labute approximate surface area is 184 Å². The highest BCUT2D eigenvalue weighted by Gasteiger charge is 2.20. The summed E-state index contributed by atoms with van der Waals surface area (Å²) in [5.74, 6) is 1.21. The monoisotopic (exact) mass is 437 g/mol. The first-order chi connectivity index (χ1) is 14.9. The van der Waals surface area contributed by atoms with Crippen molar-refractivity contribution in [3.8, 4) is 17.2 Å². The second kappa shape index (κ2) is 8.85. The number of nitrogens with one attached hydrogen (secondary N) is 1. The van der Waals surface area contributed by atoms with E-state index in [-0.39, 0.29) is 24.2 Å². The first-order valence-corrected chi connectivity index (χ1v) is 10.9. The third-order valence-electron chi connectivity index (χ3n) is 4.94. The van der Waals surface area contributed by atoms with Gasteiger partial charge in [-0.1, -0.05) is 37.7 Å². The van der Waals surface area contributed by atoms with Gasteiger partial charge in [0.15, 0.2) is 22.4 Å². The molecule has 0 spiro atoms. The van der Waals surface area contributed by atoms with Gasteiger partial charge in [-0.2, -0.15) is 0 Å². The molecule has 0 saturated heterocycles. The van der Waals surface area contributed by atoms with Gasteiger partial charge in [0.2, 0.25) is 12.7 Å². The number of rotatable bonds is 7. The Balaban J connectivity index is 1.45. The smallest absolute Gasteiger partial charge is 0.234 e. The molecule has 1 amide bonds. The van der Waals surface area contributed by atoms with E-state index in [0.717, 1.165) is 5.69 Å². The Hall–Kier alpha value is -3.26. The zero-order chi connectivity index (χ0) is 22.0. The minimum absolute atomic E-state index is 0.0980. The van der Waals surface area contributed by atoms with Gasteiger partial charge < -0.3 is 14.8 Å². The van der Waals surface area contributed by atoms with E-state index >= 15 is 0 Å². The van der Waals surface area contributed by atoms with Gasteiger partial charge in [-0.25, -0.2) is 4.98 Å². The van der Waals surface area contributed by atoms with Crippen LogP contribution in [0, 0.1) is 0 Å². The summed E-state index contributed by atoms with van der Waals surface area (Å²) in [6.07, 6.45) is 3.58. The van der Waals surface area contributed by atoms with E-state index in [4.69, 9.17) is 9.47 Å². The molecule has 1 N–H and O–H groups in total. The molecular weight excluding hydrogens is 414 g/mol. The van der Waals surface area contributed by atoms with Crippen LogP contribution in [-0.2, 0) is 4.79 Å². The van der Waals surface area contributed by atoms with Crippen molar-refractivity contribution in [3.63, 3.8) is 0 Å². The fraction of sp³-hybridized carbons (Fsp3) is 0.261. The average Bonchev–Trinajstić information content (AvgIpc) is 3.40. The highest BCUT2D eigenvalue weighted by molar-refractivity contribution is 7.99. The molecule has 1 aliphatic heterocycles. The lowest BCUT2D eigenvalue weighted by Gasteiger charge is -2.12. The lowest BCUT2D eigenvalue weighted by atomic mass is 10.0. The third-order valence-corrected chi connectivity index (χ3v) is 5.91. The molecule has 1 aromatic heterocycles. The molecule has 0 radical (unpaired) electrons. The van der Waals surface area contributed by atoms with Crippen LogP contribution in [0.1, 0.15) is 42.6 Å². The van der Waals surface area contributed by atoms with Crippen molar-refractivity contribution in [2.45, 2.75) is 31.8 Å². The number of Topliss-reactive ketones (excluding diaryl/α,β-unsaturated/α-hetero) is 1. The standard InChI is InChI=1S/C23H23N3O4S/c1-14(2)16-4-6-17(7-5-16)26-9-8-24-23(26)31-12-22(28)25-19-11-21-20(29-13-30-21)10-18(19)15(3)27/h4-11,14H,12-13H2,1-3H3,(H,25,28). The average molecular weight is 438 g/mol. The Morgan fingerprint density at radius 3 is 2.55 bits per heavy atom. The molecule has 4 rings (SSSR count). The van der Waals surface area contributed by atoms with E-state index in [1.807, 2.05) is 22.9 Å². The zero-order valence-corrected chi connectivity index (χ0v) is 18.4. The number of benzene rings is 2. The van der Waals surface area contributed by atoms with E-state index in [1.165, 1.54) is 24.2 Å². The number of aromatic nitrogens is 2. The van der Waals surface area contributed by atoms with Crippen LogP contribution in [0.25, 0.3) is 5.69 Å². The lowest BCUT2D eigenvalue weighted by molar-refractivity contribution is -0.113. The van der Waals surface area contributed by atoms with Crippen LogP contribution < -0.4 is 14.8 Å². The molecule has 1 aliphatic rings. The third kappa shape index (κ3) is 4.59. The fourth-order valence-corrected chi connectivity index (χ4v) is 4.04. The second-order valence-electron chi connectivity index (χ2n) is 7.47. The van der Waals surface area contributed by atoms with Crippen LogP contribution in [0.2, 0.25) is 0 Å². The molecule has 7 nitrogen and oxygen atoms in total. The predicted octanol–water partition coefficient (Wildman–Crippen LogP) is 4.66. The SMILES string of the molecule is CC(=O)c1cc2c(cc1NC(=O)CSc1nccn1-c1ccc(C(C)C)cc1)OCO2. The molecule has 2 aromatic carbocycles. The summed E-state index contributed by atoms with van der Waals surface area (Å²) in [6.45, 7) is 5.86. The number of hydrogen-bond acceptors (Lipinski definition) is 6. The highest BCUT2D eigenvalue weighted by atomic mass is 32.2. The molecule has 0 saturated carbocycles. The molecule has 31 heavy (non-hydrogen) atoms. The Morgan fingerprint density at radius 1 is 1.16 bits per heavy atom. The van der Waals surface area contributed by atoms with Crippen molar-refractivity contribution < 1.29 is 19.1 Å². The summed E-state index contributed by atoms with van der Waals surface area (Å²) in [6, 6.07) is 11.5. The number of ether oxygens (including phenoxy) is 2. The van der Waals surface area contributed by atoms with Gasteiger partial charge in [0.25, 0.3) is 0 Å². The van der Waals surface area contributed by atoms with Crippen LogP contribution >= 0.6 is 11.8 Å². The first-order valence-electron chi connectivity index (χ1n) is 9.93. The Kier molecular flexibility index (Phi) is 5.99. The molecule has 0 aliphatic carbocycles. The van der Waals surface area contributed by atoms with E-state index in [2.05, 4.69) is 36.3 Å². The normalized spacial score (nSPS) is 12.3. The zero-order valence-electron chi connectivity index (χ0n) is 17.5. The van der Waals surface area contributed by atoms with Crippen LogP contribution in [0.3, 0.4) is 0 Å². The molecule has 0 fully saturated rings. The van der Waals surface area contributed by atoms with Crippen molar-refractivity contribution in [2.75, 3.05) is 17.9 Å². The summed E-state index contributed by atoms with van der Waals surface area (Å²) >= 11 is 1.33. The number of nitrogens with zero attached hydrogens (tertiary/aromatic N) is 2. The number of ketones is 1. The Bertz CT molecular complexity index is 1120. The van der Waals surface area contributed by atoms with Gasteiger partial charge in [-0.05, 0) is 36.6 Å². The molecule has 0 unspecified atom stereocenters. The van der Waals surface area contributed by atoms with Crippen molar-refractivity contribution in [1.82, 2.24) is 9.55 Å². The molecule has 2 heterocycles.